The van der Waals surface area contributed by atoms with Crippen molar-refractivity contribution in [2.75, 3.05) is 0 Å². The molecule has 1 N–H and O–H groups in total. The Balaban J connectivity index is 2.81. The number of alkyl halides is 12. The number of aliphatic imine (C=N–C) groups is 1. The standard InChI is InChI=1S/C13H4F12N2/c14-10(15,16)6-2-26-8(12(20,21)22)4(6)1-5-7(11(17,18)19)3-27-9(5)13(23,24)25/h2-3,8,26H. The highest BCUT2D eigenvalue weighted by Crippen LogP contribution is 2.43. The van der Waals surface area contributed by atoms with Gasteiger partial charge in [-0.15, -0.1) is 5.73 Å². The lowest BCUT2D eigenvalue weighted by Gasteiger charge is -2.19. The van der Waals surface area contributed by atoms with Crippen LogP contribution in [0.5, 0.6) is 0 Å². The molecule has 0 aromatic heterocycles. The molecule has 0 aromatic rings. The van der Waals surface area contributed by atoms with Crippen LogP contribution in [0.3, 0.4) is 0 Å². The van der Waals surface area contributed by atoms with E-state index in [0.29, 0.717) is 0 Å². The number of nitrogens with one attached hydrogen (secondary N) is 1. The second-order valence-electron chi connectivity index (χ2n) is 5.13. The Bertz CT molecular complexity index is 759. The number of hydrogen-bond donors (Lipinski definition) is 1. The van der Waals surface area contributed by atoms with Crippen LogP contribution in [-0.4, -0.2) is 36.5 Å². The monoisotopic (exact) mass is 416 g/mol. The molecule has 0 spiro atoms. The van der Waals surface area contributed by atoms with E-state index >= 15 is 0 Å². The van der Waals surface area contributed by atoms with E-state index in [4.69, 9.17) is 0 Å². The Hall–Kier alpha value is -2.37. The predicted octanol–water partition coefficient (Wildman–Crippen LogP) is 4.88. The van der Waals surface area contributed by atoms with Crippen molar-refractivity contribution in [1.82, 2.24) is 5.32 Å². The van der Waals surface area contributed by atoms with E-state index in [1.165, 1.54) is 5.32 Å². The van der Waals surface area contributed by atoms with Crippen molar-refractivity contribution in [3.8, 4) is 0 Å². The van der Waals surface area contributed by atoms with E-state index in [1.807, 2.05) is 0 Å². The average molecular weight is 416 g/mol. The Labute approximate surface area is 141 Å². The Morgan fingerprint density at radius 2 is 1.30 bits per heavy atom. The molecular formula is C13H4F12N2. The SMILES string of the molecule is FC(F)(F)C1=CN=C(C(F)(F)F)C1=C=C1C(C(F)(F)F)=CNC1C(F)(F)F. The van der Waals surface area contributed by atoms with E-state index in [1.54, 1.807) is 0 Å². The van der Waals surface area contributed by atoms with E-state index in [9.17, 15) is 52.7 Å². The zero-order valence-corrected chi connectivity index (χ0v) is 12.2. The van der Waals surface area contributed by atoms with E-state index in [2.05, 4.69) is 4.99 Å². The fourth-order valence-electron chi connectivity index (χ4n) is 2.19. The van der Waals surface area contributed by atoms with Gasteiger partial charge in [0.15, 0.2) is 11.8 Å². The maximum Gasteiger partial charge on any atom is 0.434 e. The number of halogens is 12. The highest BCUT2D eigenvalue weighted by atomic mass is 19.4. The Morgan fingerprint density at radius 1 is 0.778 bits per heavy atom. The van der Waals surface area contributed by atoms with Crippen molar-refractivity contribution in [3.63, 3.8) is 0 Å². The van der Waals surface area contributed by atoms with Gasteiger partial charge >= 0.3 is 24.7 Å². The minimum atomic E-state index is -5.58. The van der Waals surface area contributed by atoms with Crippen LogP contribution < -0.4 is 5.32 Å². The lowest BCUT2D eigenvalue weighted by atomic mass is 9.97. The summed E-state index contributed by atoms with van der Waals surface area (Å²) in [5.41, 5.74) is -9.57. The molecule has 0 fully saturated rings. The second kappa shape index (κ2) is 6.08. The van der Waals surface area contributed by atoms with Gasteiger partial charge in [0.05, 0.1) is 16.7 Å². The van der Waals surface area contributed by atoms with Crippen molar-refractivity contribution in [3.05, 3.63) is 40.4 Å². The van der Waals surface area contributed by atoms with Gasteiger partial charge < -0.3 is 5.32 Å². The number of rotatable bonds is 0. The lowest BCUT2D eigenvalue weighted by molar-refractivity contribution is -0.143. The summed E-state index contributed by atoms with van der Waals surface area (Å²) in [4.78, 5) is 2.45. The second-order valence-corrected chi connectivity index (χ2v) is 5.13. The van der Waals surface area contributed by atoms with Gasteiger partial charge in [-0.25, -0.2) is 4.99 Å². The van der Waals surface area contributed by atoms with E-state index < -0.39 is 58.8 Å². The van der Waals surface area contributed by atoms with Gasteiger partial charge in [0.1, 0.15) is 0 Å². The molecule has 0 aliphatic carbocycles. The summed E-state index contributed by atoms with van der Waals surface area (Å²) in [6, 6.07) is -3.20. The molecule has 2 aliphatic rings. The molecule has 2 rings (SSSR count). The fraction of sp³-hybridized carbons (Fsp3) is 0.385. The first-order valence-corrected chi connectivity index (χ1v) is 6.48. The normalized spacial score (nSPS) is 21.6. The minimum absolute atomic E-state index is 0.197. The van der Waals surface area contributed by atoms with Crippen LogP contribution in [0.2, 0.25) is 0 Å². The summed E-state index contributed by atoms with van der Waals surface area (Å²) in [5.74, 6) is 0. The van der Waals surface area contributed by atoms with Crippen LogP contribution in [-0.2, 0) is 0 Å². The summed E-state index contributed by atoms with van der Waals surface area (Å²) in [7, 11) is 0. The molecule has 150 valence electrons. The minimum Gasteiger partial charge on any atom is -0.375 e. The van der Waals surface area contributed by atoms with Gasteiger partial charge in [0.2, 0.25) is 0 Å². The third-order valence-electron chi connectivity index (χ3n) is 3.27. The van der Waals surface area contributed by atoms with Crippen LogP contribution in [0.15, 0.2) is 45.4 Å². The van der Waals surface area contributed by atoms with Crippen molar-refractivity contribution in [2.45, 2.75) is 30.7 Å². The highest BCUT2D eigenvalue weighted by Gasteiger charge is 2.53. The summed E-state index contributed by atoms with van der Waals surface area (Å²) in [6.45, 7) is 0. The van der Waals surface area contributed by atoms with Crippen molar-refractivity contribution in [2.24, 2.45) is 4.99 Å². The van der Waals surface area contributed by atoms with Crippen LogP contribution in [0.25, 0.3) is 0 Å². The van der Waals surface area contributed by atoms with Gasteiger partial charge in [0.25, 0.3) is 0 Å². The smallest absolute Gasteiger partial charge is 0.375 e. The number of allylic oxidation sites excluding steroid dienone is 1. The van der Waals surface area contributed by atoms with Crippen molar-refractivity contribution >= 4 is 5.71 Å². The molecule has 0 saturated heterocycles. The predicted molar refractivity (Wildman–Crippen MR) is 65.3 cm³/mol. The van der Waals surface area contributed by atoms with Crippen LogP contribution in [0.4, 0.5) is 52.7 Å². The van der Waals surface area contributed by atoms with E-state index in [-0.39, 0.29) is 12.4 Å². The third-order valence-corrected chi connectivity index (χ3v) is 3.27. The third kappa shape index (κ3) is 4.15. The van der Waals surface area contributed by atoms with Gasteiger partial charge in [-0.1, -0.05) is 0 Å². The maximum absolute atomic E-state index is 12.9. The van der Waals surface area contributed by atoms with Gasteiger partial charge in [-0.3, -0.25) is 0 Å². The molecule has 27 heavy (non-hydrogen) atoms. The van der Waals surface area contributed by atoms with Gasteiger partial charge in [-0.05, 0) is 0 Å². The summed E-state index contributed by atoms with van der Waals surface area (Å²) < 4.78 is 154. The number of hydrogen-bond acceptors (Lipinski definition) is 2. The van der Waals surface area contributed by atoms with Crippen LogP contribution in [0.1, 0.15) is 0 Å². The van der Waals surface area contributed by atoms with Crippen molar-refractivity contribution in [1.29, 1.82) is 0 Å². The fourth-order valence-corrected chi connectivity index (χ4v) is 2.19. The zero-order valence-electron chi connectivity index (χ0n) is 12.2. The Morgan fingerprint density at radius 3 is 1.70 bits per heavy atom. The molecular weight excluding hydrogens is 412 g/mol. The first kappa shape index (κ1) is 20.9. The van der Waals surface area contributed by atoms with Gasteiger partial charge in [-0.2, -0.15) is 52.7 Å². The van der Waals surface area contributed by atoms with E-state index in [0.717, 1.165) is 5.73 Å². The number of nitrogens with zero attached hydrogens (tertiary/aromatic N) is 1. The van der Waals surface area contributed by atoms with Crippen LogP contribution in [0, 0.1) is 0 Å². The largest absolute Gasteiger partial charge is 0.434 e. The first-order chi connectivity index (χ1) is 11.9. The zero-order chi connectivity index (χ0) is 21.0. The summed E-state index contributed by atoms with van der Waals surface area (Å²) in [5, 5.41) is 1.24. The summed E-state index contributed by atoms with van der Waals surface area (Å²) >= 11 is 0. The average Bonchev–Trinajstić information content (AvgIpc) is 2.99. The Kier molecular flexibility index (Phi) is 4.71. The molecule has 0 aromatic carbocycles. The van der Waals surface area contributed by atoms with Crippen molar-refractivity contribution < 1.29 is 52.7 Å². The molecule has 0 saturated carbocycles. The molecule has 14 heteroatoms. The molecule has 0 radical (unpaired) electrons. The molecule has 0 bridgehead atoms. The first-order valence-electron chi connectivity index (χ1n) is 6.48. The topological polar surface area (TPSA) is 24.4 Å². The highest BCUT2D eigenvalue weighted by molar-refractivity contribution is 6.10. The molecule has 1 atom stereocenters. The van der Waals surface area contributed by atoms with Crippen LogP contribution >= 0.6 is 0 Å². The maximum atomic E-state index is 12.9. The van der Waals surface area contributed by atoms with Gasteiger partial charge in [0, 0.05) is 18.0 Å². The lowest BCUT2D eigenvalue weighted by Crippen LogP contribution is -2.38. The molecule has 2 nitrogen and oxygen atoms in total. The molecule has 1 unspecified atom stereocenters. The quantitative estimate of drug-likeness (QED) is 0.442. The molecule has 2 heterocycles. The molecule has 2 aliphatic heterocycles. The molecule has 0 amide bonds. The summed E-state index contributed by atoms with van der Waals surface area (Å²) in [6.07, 6.45) is -22.6.